The molecule has 0 saturated heterocycles. The van der Waals surface area contributed by atoms with Crippen molar-refractivity contribution in [3.63, 3.8) is 0 Å². The molecule has 0 aromatic rings. The van der Waals surface area contributed by atoms with Gasteiger partial charge < -0.3 is 9.80 Å². The molecule has 0 bridgehead atoms. The molecule has 0 aromatic heterocycles. The van der Waals surface area contributed by atoms with Crippen molar-refractivity contribution in [1.29, 1.82) is 0 Å². The Bertz CT molecular complexity index is 544. The summed E-state index contributed by atoms with van der Waals surface area (Å²) in [6.07, 6.45) is 51.5. The smallest absolute Gasteiger partial charge is 0.101 e. The molecule has 1 rings (SSSR count). The third-order valence-electron chi connectivity index (χ3n) is 9.80. The van der Waals surface area contributed by atoms with Gasteiger partial charge in [-0.1, -0.05) is 207 Å². The van der Waals surface area contributed by atoms with Gasteiger partial charge in [-0.3, -0.25) is 0 Å². The summed E-state index contributed by atoms with van der Waals surface area (Å²) < 4.78 is 0. The highest BCUT2D eigenvalue weighted by Crippen LogP contribution is 2.23. The third kappa shape index (κ3) is 23.8. The lowest BCUT2D eigenvalue weighted by Crippen LogP contribution is -2.39. The van der Waals surface area contributed by atoms with Gasteiger partial charge >= 0.3 is 0 Å². The van der Waals surface area contributed by atoms with E-state index in [1.54, 1.807) is 0 Å². The summed E-state index contributed by atoms with van der Waals surface area (Å²) in [4.78, 5) is 5.33. The minimum Gasteiger partial charge on any atom is -0.356 e. The van der Waals surface area contributed by atoms with Gasteiger partial charge in [0, 0.05) is 25.5 Å². The zero-order valence-electron chi connectivity index (χ0n) is 29.7. The van der Waals surface area contributed by atoms with E-state index in [-0.39, 0.29) is 0 Å². The Balaban J connectivity index is 1.92. The van der Waals surface area contributed by atoms with Crippen LogP contribution in [0.3, 0.4) is 0 Å². The molecular weight excluding hydrogens is 508 g/mol. The summed E-state index contributed by atoms with van der Waals surface area (Å²) in [6, 6.07) is 0. The quantitative estimate of drug-likeness (QED) is 0.0690. The second-order valence-corrected chi connectivity index (χ2v) is 13.9. The van der Waals surface area contributed by atoms with Gasteiger partial charge in [0.25, 0.3) is 0 Å². The fraction of sp³-hybridized carbons (Fsp3) is 0.950. The molecule has 42 heavy (non-hydrogen) atoms. The lowest BCUT2D eigenvalue weighted by molar-refractivity contribution is 0.138. The maximum absolute atomic E-state index is 2.66. The molecule has 0 aliphatic carbocycles. The third-order valence-corrected chi connectivity index (χ3v) is 9.80. The van der Waals surface area contributed by atoms with Crippen molar-refractivity contribution < 1.29 is 0 Å². The van der Waals surface area contributed by atoms with Gasteiger partial charge in [0.1, 0.15) is 6.17 Å². The summed E-state index contributed by atoms with van der Waals surface area (Å²) in [7, 11) is 0. The van der Waals surface area contributed by atoms with E-state index in [1.807, 2.05) is 0 Å². The summed E-state index contributed by atoms with van der Waals surface area (Å²) in [6.45, 7) is 9.49. The number of nitrogens with zero attached hydrogens (tertiary/aromatic N) is 2. The number of hydrogen-bond acceptors (Lipinski definition) is 2. The number of hydrogen-bond donors (Lipinski definition) is 0. The average Bonchev–Trinajstić information content (AvgIpc) is 3.38. The van der Waals surface area contributed by atoms with E-state index in [2.05, 4.69) is 43.0 Å². The highest BCUT2D eigenvalue weighted by Gasteiger charge is 2.24. The maximum atomic E-state index is 2.66. The van der Waals surface area contributed by atoms with Gasteiger partial charge in [-0.25, -0.2) is 0 Å². The van der Waals surface area contributed by atoms with Crippen LogP contribution in [0.2, 0.25) is 0 Å². The SMILES string of the molecule is CCCCCCCCCCCCCCCCCCN1C=CN(CCCCCCCCCCCCCCCC)C1CCC. The van der Waals surface area contributed by atoms with Crippen LogP contribution in [0.1, 0.15) is 226 Å². The number of unbranched alkanes of at least 4 members (excludes halogenated alkanes) is 28. The van der Waals surface area contributed by atoms with Crippen LogP contribution in [0.4, 0.5) is 0 Å². The predicted molar refractivity (Wildman–Crippen MR) is 191 cm³/mol. The summed E-state index contributed by atoms with van der Waals surface area (Å²) in [5, 5.41) is 0. The molecule has 2 heteroatoms. The summed E-state index contributed by atoms with van der Waals surface area (Å²) in [5.41, 5.74) is 0. The van der Waals surface area contributed by atoms with Gasteiger partial charge in [0.2, 0.25) is 0 Å². The topological polar surface area (TPSA) is 6.48 Å². The van der Waals surface area contributed by atoms with E-state index in [4.69, 9.17) is 0 Å². The number of rotatable bonds is 34. The standard InChI is InChI=1S/C40H80N2/c1-4-7-9-11-13-15-17-19-21-22-24-26-28-30-32-34-37-42-39-38-41(40(42)35-6-3)36-33-31-29-27-25-23-20-18-16-14-12-10-8-5-2/h38-40H,4-37H2,1-3H3. The lowest BCUT2D eigenvalue weighted by Gasteiger charge is -2.33. The fourth-order valence-electron chi connectivity index (χ4n) is 6.93. The Morgan fingerprint density at radius 1 is 0.310 bits per heavy atom. The van der Waals surface area contributed by atoms with E-state index >= 15 is 0 Å². The molecule has 0 fully saturated rings. The van der Waals surface area contributed by atoms with Gasteiger partial charge in [-0.05, 0) is 19.3 Å². The molecule has 1 aliphatic heterocycles. The molecule has 0 amide bonds. The minimum atomic E-state index is 0.633. The van der Waals surface area contributed by atoms with Crippen LogP contribution in [0.5, 0.6) is 0 Å². The van der Waals surface area contributed by atoms with Crippen molar-refractivity contribution in [3.8, 4) is 0 Å². The first-order valence-electron chi connectivity index (χ1n) is 20.0. The normalized spacial score (nSPS) is 15.0. The van der Waals surface area contributed by atoms with Crippen LogP contribution in [-0.4, -0.2) is 29.1 Å². The van der Waals surface area contributed by atoms with Crippen molar-refractivity contribution in [1.82, 2.24) is 9.80 Å². The first-order chi connectivity index (χ1) is 20.8. The Hall–Kier alpha value is -0.660. The molecule has 250 valence electrons. The van der Waals surface area contributed by atoms with E-state index in [0.717, 1.165) is 0 Å². The van der Waals surface area contributed by atoms with Gasteiger partial charge in [-0.2, -0.15) is 0 Å². The van der Waals surface area contributed by atoms with Crippen molar-refractivity contribution in [2.24, 2.45) is 0 Å². The molecule has 0 spiro atoms. The summed E-state index contributed by atoms with van der Waals surface area (Å²) in [5.74, 6) is 0. The van der Waals surface area contributed by atoms with Crippen LogP contribution in [-0.2, 0) is 0 Å². The Morgan fingerprint density at radius 2 is 0.548 bits per heavy atom. The minimum absolute atomic E-state index is 0.633. The van der Waals surface area contributed by atoms with Gasteiger partial charge in [-0.15, -0.1) is 0 Å². The van der Waals surface area contributed by atoms with E-state index in [1.165, 1.54) is 219 Å². The molecule has 0 aromatic carbocycles. The zero-order valence-corrected chi connectivity index (χ0v) is 29.7. The van der Waals surface area contributed by atoms with Crippen LogP contribution >= 0.6 is 0 Å². The largest absolute Gasteiger partial charge is 0.356 e. The Morgan fingerprint density at radius 3 is 0.786 bits per heavy atom. The van der Waals surface area contributed by atoms with Crippen molar-refractivity contribution in [2.75, 3.05) is 13.1 Å². The lowest BCUT2D eigenvalue weighted by atomic mass is 10.0. The fourth-order valence-corrected chi connectivity index (χ4v) is 6.93. The Labute approximate surface area is 267 Å². The molecule has 2 nitrogen and oxygen atoms in total. The molecule has 1 heterocycles. The zero-order chi connectivity index (χ0) is 30.2. The molecule has 1 atom stereocenters. The van der Waals surface area contributed by atoms with Crippen molar-refractivity contribution in [3.05, 3.63) is 12.4 Å². The first-order valence-corrected chi connectivity index (χ1v) is 20.0. The molecule has 0 radical (unpaired) electrons. The van der Waals surface area contributed by atoms with Crippen LogP contribution in [0, 0.1) is 0 Å². The second-order valence-electron chi connectivity index (χ2n) is 13.9. The van der Waals surface area contributed by atoms with Crippen molar-refractivity contribution >= 4 is 0 Å². The molecule has 0 saturated carbocycles. The first kappa shape index (κ1) is 39.4. The van der Waals surface area contributed by atoms with E-state index < -0.39 is 0 Å². The molecular formula is C40H80N2. The maximum Gasteiger partial charge on any atom is 0.101 e. The monoisotopic (exact) mass is 589 g/mol. The average molecular weight is 589 g/mol. The molecule has 1 aliphatic rings. The summed E-state index contributed by atoms with van der Waals surface area (Å²) >= 11 is 0. The highest BCUT2D eigenvalue weighted by atomic mass is 15.4. The van der Waals surface area contributed by atoms with Gasteiger partial charge in [0.05, 0.1) is 0 Å². The Kier molecular flexibility index (Phi) is 29.8. The van der Waals surface area contributed by atoms with Crippen molar-refractivity contribution in [2.45, 2.75) is 232 Å². The molecule has 0 N–H and O–H groups in total. The second kappa shape index (κ2) is 31.8. The molecule has 1 unspecified atom stereocenters. The highest BCUT2D eigenvalue weighted by molar-refractivity contribution is 4.96. The van der Waals surface area contributed by atoms with E-state index in [0.29, 0.717) is 6.17 Å². The van der Waals surface area contributed by atoms with Gasteiger partial charge in [0.15, 0.2) is 0 Å². The van der Waals surface area contributed by atoms with Crippen LogP contribution < -0.4 is 0 Å². The van der Waals surface area contributed by atoms with Crippen LogP contribution in [0.15, 0.2) is 12.4 Å². The predicted octanol–water partition coefficient (Wildman–Crippen LogP) is 13.9. The van der Waals surface area contributed by atoms with E-state index in [9.17, 15) is 0 Å². The van der Waals surface area contributed by atoms with Crippen LogP contribution in [0.25, 0.3) is 0 Å².